The van der Waals surface area contributed by atoms with Crippen LogP contribution in [0, 0.1) is 0 Å². The Morgan fingerprint density at radius 2 is 2.00 bits per heavy atom. The molecule has 1 aromatic carbocycles. The number of anilines is 1. The first-order valence-corrected chi connectivity index (χ1v) is 6.05. The molecule has 0 bridgehead atoms. The van der Waals surface area contributed by atoms with Gasteiger partial charge in [-0.25, -0.2) is 0 Å². The highest BCUT2D eigenvalue weighted by atomic mass is 16.1. The molecule has 6 heteroatoms. The first kappa shape index (κ1) is 13.2. The molecule has 6 nitrogen and oxygen atoms in total. The predicted octanol–water partition coefficient (Wildman–Crippen LogP) is 1.06. The van der Waals surface area contributed by atoms with Gasteiger partial charge in [-0.2, -0.15) is 0 Å². The minimum Gasteiger partial charge on any atom is -0.326 e. The molecule has 2 aromatic rings. The highest BCUT2D eigenvalue weighted by molar-refractivity contribution is 5.88. The Morgan fingerprint density at radius 3 is 2.58 bits per heavy atom. The number of amides is 1. The standard InChI is InChI=1S/C13H17N5O/c1-10(19)16-12-5-3-11(4-6-12)7-14-8-13-17-15-9-18(13)2/h3-6,9,14H,7-8H2,1-2H3,(H,16,19). The van der Waals surface area contributed by atoms with Crippen LogP contribution in [0.4, 0.5) is 5.69 Å². The first-order chi connectivity index (χ1) is 9.15. The van der Waals surface area contributed by atoms with Gasteiger partial charge in [0, 0.05) is 26.2 Å². The van der Waals surface area contributed by atoms with Crippen molar-refractivity contribution in [3.8, 4) is 0 Å². The lowest BCUT2D eigenvalue weighted by molar-refractivity contribution is -0.114. The second-order valence-electron chi connectivity index (χ2n) is 4.34. The molecule has 2 rings (SSSR count). The van der Waals surface area contributed by atoms with Crippen LogP contribution in [0.3, 0.4) is 0 Å². The highest BCUT2D eigenvalue weighted by Gasteiger charge is 2.00. The number of nitrogens with one attached hydrogen (secondary N) is 2. The van der Waals surface area contributed by atoms with Gasteiger partial charge >= 0.3 is 0 Å². The topological polar surface area (TPSA) is 71.8 Å². The Kier molecular flexibility index (Phi) is 4.25. The average molecular weight is 259 g/mol. The summed E-state index contributed by atoms with van der Waals surface area (Å²) in [4.78, 5) is 10.9. The van der Waals surface area contributed by atoms with E-state index in [0.29, 0.717) is 6.54 Å². The zero-order chi connectivity index (χ0) is 13.7. The largest absolute Gasteiger partial charge is 0.326 e. The third kappa shape index (κ3) is 3.89. The molecular formula is C13H17N5O. The number of aromatic nitrogens is 3. The van der Waals surface area contributed by atoms with Gasteiger partial charge in [0.2, 0.25) is 5.91 Å². The lowest BCUT2D eigenvalue weighted by atomic mass is 10.2. The zero-order valence-corrected chi connectivity index (χ0v) is 11.1. The van der Waals surface area contributed by atoms with E-state index in [2.05, 4.69) is 20.8 Å². The first-order valence-electron chi connectivity index (χ1n) is 6.05. The van der Waals surface area contributed by atoms with Crippen LogP contribution < -0.4 is 10.6 Å². The maximum atomic E-state index is 10.9. The van der Waals surface area contributed by atoms with Gasteiger partial charge in [-0.15, -0.1) is 10.2 Å². The Morgan fingerprint density at radius 1 is 1.26 bits per heavy atom. The Balaban J connectivity index is 1.83. The molecule has 0 unspecified atom stereocenters. The fourth-order valence-corrected chi connectivity index (χ4v) is 1.70. The van der Waals surface area contributed by atoms with E-state index in [1.165, 1.54) is 6.92 Å². The number of carbonyl (C=O) groups excluding carboxylic acids is 1. The fourth-order valence-electron chi connectivity index (χ4n) is 1.70. The number of nitrogens with zero attached hydrogens (tertiary/aromatic N) is 3. The van der Waals surface area contributed by atoms with Crippen LogP contribution in [0.25, 0.3) is 0 Å². The second-order valence-corrected chi connectivity index (χ2v) is 4.34. The van der Waals surface area contributed by atoms with Crippen molar-refractivity contribution in [3.05, 3.63) is 42.0 Å². The molecule has 0 aliphatic heterocycles. The van der Waals surface area contributed by atoms with Crippen molar-refractivity contribution in [3.63, 3.8) is 0 Å². The molecule has 0 aliphatic rings. The number of aryl methyl sites for hydroxylation is 1. The zero-order valence-electron chi connectivity index (χ0n) is 11.1. The third-order valence-corrected chi connectivity index (χ3v) is 2.69. The summed E-state index contributed by atoms with van der Waals surface area (Å²) in [6.07, 6.45) is 1.68. The van der Waals surface area contributed by atoms with E-state index in [4.69, 9.17) is 0 Å². The van der Waals surface area contributed by atoms with Crippen LogP contribution in [-0.2, 0) is 24.9 Å². The summed E-state index contributed by atoms with van der Waals surface area (Å²) in [5.41, 5.74) is 1.96. The van der Waals surface area contributed by atoms with Gasteiger partial charge in [0.15, 0.2) is 0 Å². The minimum atomic E-state index is -0.0619. The molecule has 19 heavy (non-hydrogen) atoms. The average Bonchev–Trinajstić information content (AvgIpc) is 2.77. The van der Waals surface area contributed by atoms with Crippen molar-refractivity contribution in [2.45, 2.75) is 20.0 Å². The maximum absolute atomic E-state index is 10.9. The third-order valence-electron chi connectivity index (χ3n) is 2.69. The molecule has 2 N–H and O–H groups in total. The van der Waals surface area contributed by atoms with Crippen molar-refractivity contribution in [1.82, 2.24) is 20.1 Å². The lowest BCUT2D eigenvalue weighted by Crippen LogP contribution is -2.15. The van der Waals surface area contributed by atoms with Crippen molar-refractivity contribution >= 4 is 11.6 Å². The van der Waals surface area contributed by atoms with Gasteiger partial charge < -0.3 is 15.2 Å². The lowest BCUT2D eigenvalue weighted by Gasteiger charge is -2.06. The highest BCUT2D eigenvalue weighted by Crippen LogP contribution is 2.09. The van der Waals surface area contributed by atoms with E-state index in [9.17, 15) is 4.79 Å². The number of carbonyl (C=O) groups is 1. The SMILES string of the molecule is CC(=O)Nc1ccc(CNCc2nncn2C)cc1. The minimum absolute atomic E-state index is 0.0619. The molecule has 0 aliphatic carbocycles. The summed E-state index contributed by atoms with van der Waals surface area (Å²) < 4.78 is 1.88. The summed E-state index contributed by atoms with van der Waals surface area (Å²) >= 11 is 0. The number of benzene rings is 1. The molecule has 0 saturated heterocycles. The van der Waals surface area contributed by atoms with Gasteiger partial charge in [-0.1, -0.05) is 12.1 Å². The summed E-state index contributed by atoms with van der Waals surface area (Å²) in [6, 6.07) is 7.74. The molecule has 0 saturated carbocycles. The molecule has 1 amide bonds. The van der Waals surface area contributed by atoms with Crippen molar-refractivity contribution in [1.29, 1.82) is 0 Å². The van der Waals surface area contributed by atoms with E-state index >= 15 is 0 Å². The maximum Gasteiger partial charge on any atom is 0.221 e. The normalized spacial score (nSPS) is 10.4. The van der Waals surface area contributed by atoms with Gasteiger partial charge in [-0.3, -0.25) is 4.79 Å². The summed E-state index contributed by atoms with van der Waals surface area (Å²) in [6.45, 7) is 2.91. The Labute approximate surface area is 111 Å². The molecule has 0 fully saturated rings. The monoisotopic (exact) mass is 259 g/mol. The van der Waals surface area contributed by atoms with Crippen LogP contribution in [0.15, 0.2) is 30.6 Å². The van der Waals surface area contributed by atoms with Crippen LogP contribution in [0.2, 0.25) is 0 Å². The summed E-state index contributed by atoms with van der Waals surface area (Å²) in [5, 5.41) is 13.8. The van der Waals surface area contributed by atoms with Crippen LogP contribution in [0.5, 0.6) is 0 Å². The molecule has 1 aromatic heterocycles. The number of hydrogen-bond acceptors (Lipinski definition) is 4. The molecule has 1 heterocycles. The number of rotatable bonds is 5. The molecule has 0 radical (unpaired) electrons. The van der Waals surface area contributed by atoms with Crippen molar-refractivity contribution in [2.24, 2.45) is 7.05 Å². The Bertz CT molecular complexity index is 546. The van der Waals surface area contributed by atoms with Crippen LogP contribution in [-0.4, -0.2) is 20.7 Å². The van der Waals surface area contributed by atoms with E-state index in [1.54, 1.807) is 6.33 Å². The van der Waals surface area contributed by atoms with Crippen LogP contribution in [0.1, 0.15) is 18.3 Å². The summed E-state index contributed by atoms with van der Waals surface area (Å²) in [5.74, 6) is 0.836. The molecular weight excluding hydrogens is 242 g/mol. The van der Waals surface area contributed by atoms with Crippen molar-refractivity contribution in [2.75, 3.05) is 5.32 Å². The van der Waals surface area contributed by atoms with Crippen molar-refractivity contribution < 1.29 is 4.79 Å². The molecule has 0 spiro atoms. The quantitative estimate of drug-likeness (QED) is 0.842. The van der Waals surface area contributed by atoms with E-state index < -0.39 is 0 Å². The van der Waals surface area contributed by atoms with E-state index in [0.717, 1.165) is 23.6 Å². The molecule has 100 valence electrons. The van der Waals surface area contributed by atoms with Gasteiger partial charge in [-0.05, 0) is 17.7 Å². The molecule has 0 atom stereocenters. The number of hydrogen-bond donors (Lipinski definition) is 2. The van der Waals surface area contributed by atoms with Gasteiger partial charge in [0.05, 0.1) is 6.54 Å². The van der Waals surface area contributed by atoms with Gasteiger partial charge in [0.1, 0.15) is 12.2 Å². The Hall–Kier alpha value is -2.21. The smallest absolute Gasteiger partial charge is 0.221 e. The van der Waals surface area contributed by atoms with Gasteiger partial charge in [0.25, 0.3) is 0 Å². The van der Waals surface area contributed by atoms with E-state index in [-0.39, 0.29) is 5.91 Å². The summed E-state index contributed by atoms with van der Waals surface area (Å²) in [7, 11) is 1.92. The van der Waals surface area contributed by atoms with Crippen LogP contribution >= 0.6 is 0 Å². The second kappa shape index (κ2) is 6.10. The van der Waals surface area contributed by atoms with E-state index in [1.807, 2.05) is 35.9 Å². The predicted molar refractivity (Wildman–Crippen MR) is 72.3 cm³/mol. The fraction of sp³-hybridized carbons (Fsp3) is 0.308.